The topological polar surface area (TPSA) is 60.8 Å². The first kappa shape index (κ1) is 13.4. The zero-order chi connectivity index (χ0) is 13.0. The second-order valence-corrected chi connectivity index (χ2v) is 4.21. The van der Waals surface area contributed by atoms with Gasteiger partial charge in [0.2, 0.25) is 0 Å². The molecule has 0 atom stereocenters. The molecule has 5 heteroatoms. The molecule has 1 aromatic rings. The van der Waals surface area contributed by atoms with E-state index in [1.54, 1.807) is 4.90 Å². The zero-order valence-corrected chi connectivity index (χ0v) is 9.85. The van der Waals surface area contributed by atoms with E-state index < -0.39 is 11.8 Å². The molecule has 4 nitrogen and oxygen atoms in total. The molecule has 0 fully saturated rings. The minimum absolute atomic E-state index is 0.0245. The summed E-state index contributed by atoms with van der Waals surface area (Å²) < 4.78 is 13.0. The van der Waals surface area contributed by atoms with Gasteiger partial charge in [0.05, 0.1) is 6.54 Å². The summed E-state index contributed by atoms with van der Waals surface area (Å²) in [6, 6.07) is 3.76. The molecule has 0 aliphatic heterocycles. The third-order valence-corrected chi connectivity index (χ3v) is 2.40. The van der Waals surface area contributed by atoms with Crippen LogP contribution in [0.1, 0.15) is 19.4 Å². The van der Waals surface area contributed by atoms with E-state index in [-0.39, 0.29) is 24.9 Å². The fourth-order valence-corrected chi connectivity index (χ4v) is 1.55. The summed E-state index contributed by atoms with van der Waals surface area (Å²) in [4.78, 5) is 12.4. The van der Waals surface area contributed by atoms with Gasteiger partial charge in [-0.3, -0.25) is 9.69 Å². The van der Waals surface area contributed by atoms with E-state index >= 15 is 0 Å². The molecule has 2 N–H and O–H groups in total. The summed E-state index contributed by atoms with van der Waals surface area (Å²) in [6.07, 6.45) is 0. The molecule has 0 radical (unpaired) electrons. The molecule has 0 saturated carbocycles. The lowest BCUT2D eigenvalue weighted by Gasteiger charge is -2.24. The highest BCUT2D eigenvalue weighted by molar-refractivity contribution is 5.69. The Kier molecular flexibility index (Phi) is 4.45. The van der Waals surface area contributed by atoms with Gasteiger partial charge in [-0.1, -0.05) is 0 Å². The van der Waals surface area contributed by atoms with Crippen LogP contribution in [0.3, 0.4) is 0 Å². The van der Waals surface area contributed by atoms with Crippen molar-refractivity contribution in [1.82, 2.24) is 4.90 Å². The smallest absolute Gasteiger partial charge is 0.317 e. The van der Waals surface area contributed by atoms with Crippen LogP contribution >= 0.6 is 0 Å². The molecule has 0 aromatic heterocycles. The Labute approximate surface area is 99.3 Å². The van der Waals surface area contributed by atoms with E-state index in [1.807, 2.05) is 13.8 Å². The first-order chi connectivity index (χ1) is 7.88. The Balaban J connectivity index is 2.81. The van der Waals surface area contributed by atoms with Crippen LogP contribution in [0.25, 0.3) is 0 Å². The molecule has 1 rings (SSSR count). The second kappa shape index (κ2) is 5.63. The zero-order valence-electron chi connectivity index (χ0n) is 9.85. The maximum Gasteiger partial charge on any atom is 0.317 e. The molecular weight excluding hydrogens is 225 g/mol. The average molecular weight is 241 g/mol. The number of hydrogen-bond acceptors (Lipinski definition) is 3. The highest BCUT2D eigenvalue weighted by Gasteiger charge is 2.14. The monoisotopic (exact) mass is 241 g/mol. The lowest BCUT2D eigenvalue weighted by atomic mass is 10.1. The molecule has 17 heavy (non-hydrogen) atoms. The standard InChI is InChI=1S/C12H16FNO3/c1-8(2)14(7-12(16)17)6-9-3-10(13)5-11(15)4-9/h3-5,8,15H,6-7H2,1-2H3,(H,16,17). The van der Waals surface area contributed by atoms with Crippen molar-refractivity contribution >= 4 is 5.97 Å². The maximum atomic E-state index is 13.0. The molecule has 0 aliphatic rings. The third kappa shape index (κ3) is 4.40. The quantitative estimate of drug-likeness (QED) is 0.825. The predicted molar refractivity (Wildman–Crippen MR) is 61.2 cm³/mol. The van der Waals surface area contributed by atoms with Gasteiger partial charge >= 0.3 is 5.97 Å². The van der Waals surface area contributed by atoms with Crippen molar-refractivity contribution in [1.29, 1.82) is 0 Å². The van der Waals surface area contributed by atoms with Gasteiger partial charge in [0.25, 0.3) is 0 Å². The van der Waals surface area contributed by atoms with E-state index in [4.69, 9.17) is 5.11 Å². The van der Waals surface area contributed by atoms with Crippen LogP contribution in [0.4, 0.5) is 4.39 Å². The van der Waals surface area contributed by atoms with Gasteiger partial charge in [-0.05, 0) is 31.5 Å². The molecule has 0 saturated heterocycles. The number of carbonyl (C=O) groups is 1. The number of carboxylic acid groups (broad SMARTS) is 1. The Morgan fingerprint density at radius 3 is 2.53 bits per heavy atom. The number of aliphatic carboxylic acids is 1. The average Bonchev–Trinajstić information content (AvgIpc) is 2.13. The fourth-order valence-electron chi connectivity index (χ4n) is 1.55. The number of halogens is 1. The summed E-state index contributed by atoms with van der Waals surface area (Å²) in [5.74, 6) is -1.61. The van der Waals surface area contributed by atoms with Gasteiger partial charge in [-0.15, -0.1) is 0 Å². The molecule has 0 spiro atoms. The lowest BCUT2D eigenvalue weighted by Crippen LogP contribution is -2.35. The van der Waals surface area contributed by atoms with Crippen molar-refractivity contribution in [3.8, 4) is 5.75 Å². The highest BCUT2D eigenvalue weighted by atomic mass is 19.1. The first-order valence-corrected chi connectivity index (χ1v) is 5.32. The van der Waals surface area contributed by atoms with Crippen LogP contribution in [0, 0.1) is 5.82 Å². The number of carboxylic acids is 1. The van der Waals surface area contributed by atoms with Crippen molar-refractivity contribution in [3.63, 3.8) is 0 Å². The summed E-state index contributed by atoms with van der Waals surface area (Å²) in [6.45, 7) is 3.90. The third-order valence-electron chi connectivity index (χ3n) is 2.40. The van der Waals surface area contributed by atoms with Gasteiger partial charge in [-0.25, -0.2) is 4.39 Å². The number of hydrogen-bond donors (Lipinski definition) is 2. The summed E-state index contributed by atoms with van der Waals surface area (Å²) in [5.41, 5.74) is 0.553. The number of benzene rings is 1. The fraction of sp³-hybridized carbons (Fsp3) is 0.417. The van der Waals surface area contributed by atoms with Crippen LogP contribution < -0.4 is 0 Å². The van der Waals surface area contributed by atoms with E-state index in [0.717, 1.165) is 6.07 Å². The van der Waals surface area contributed by atoms with Crippen molar-refractivity contribution in [3.05, 3.63) is 29.6 Å². The van der Waals surface area contributed by atoms with E-state index in [0.29, 0.717) is 5.56 Å². The van der Waals surface area contributed by atoms with Crippen LogP contribution in [-0.2, 0) is 11.3 Å². The summed E-state index contributed by atoms with van der Waals surface area (Å²) in [7, 11) is 0. The Bertz CT molecular complexity index is 386. The van der Waals surface area contributed by atoms with E-state index in [2.05, 4.69) is 0 Å². The number of nitrogens with zero attached hydrogens (tertiary/aromatic N) is 1. The van der Waals surface area contributed by atoms with Gasteiger partial charge in [0, 0.05) is 18.7 Å². The second-order valence-electron chi connectivity index (χ2n) is 4.21. The summed E-state index contributed by atoms with van der Waals surface area (Å²) >= 11 is 0. The van der Waals surface area contributed by atoms with Crippen LogP contribution in [0.2, 0.25) is 0 Å². The van der Waals surface area contributed by atoms with Crippen LogP contribution in [-0.4, -0.2) is 33.7 Å². The SMILES string of the molecule is CC(C)N(CC(=O)O)Cc1cc(O)cc(F)c1. The number of aromatic hydroxyl groups is 1. The van der Waals surface area contributed by atoms with E-state index in [1.165, 1.54) is 12.1 Å². The van der Waals surface area contributed by atoms with Crippen LogP contribution in [0.15, 0.2) is 18.2 Å². The van der Waals surface area contributed by atoms with E-state index in [9.17, 15) is 14.3 Å². The Hall–Kier alpha value is -1.62. The molecule has 0 unspecified atom stereocenters. The minimum atomic E-state index is -0.931. The van der Waals surface area contributed by atoms with Crippen LogP contribution in [0.5, 0.6) is 5.75 Å². The van der Waals surface area contributed by atoms with Crippen molar-refractivity contribution in [2.45, 2.75) is 26.4 Å². The van der Waals surface area contributed by atoms with Gasteiger partial charge in [-0.2, -0.15) is 0 Å². The van der Waals surface area contributed by atoms with Crippen molar-refractivity contribution in [2.24, 2.45) is 0 Å². The van der Waals surface area contributed by atoms with Crippen molar-refractivity contribution < 1.29 is 19.4 Å². The summed E-state index contributed by atoms with van der Waals surface area (Å²) in [5, 5.41) is 18.0. The largest absolute Gasteiger partial charge is 0.508 e. The maximum absolute atomic E-state index is 13.0. The normalized spacial score (nSPS) is 11.1. The molecule has 0 bridgehead atoms. The lowest BCUT2D eigenvalue weighted by molar-refractivity contribution is -0.138. The first-order valence-electron chi connectivity index (χ1n) is 5.32. The van der Waals surface area contributed by atoms with Gasteiger partial charge in [0.15, 0.2) is 0 Å². The van der Waals surface area contributed by atoms with Gasteiger partial charge in [0.1, 0.15) is 11.6 Å². The highest BCUT2D eigenvalue weighted by Crippen LogP contribution is 2.17. The molecule has 0 amide bonds. The number of phenols is 1. The molecule has 1 aromatic carbocycles. The molecule has 0 heterocycles. The molecular formula is C12H16FNO3. The molecule has 0 aliphatic carbocycles. The molecule has 94 valence electrons. The Morgan fingerprint density at radius 2 is 2.06 bits per heavy atom. The van der Waals surface area contributed by atoms with Gasteiger partial charge < -0.3 is 10.2 Å². The predicted octanol–water partition coefficient (Wildman–Crippen LogP) is 1.83. The Morgan fingerprint density at radius 1 is 1.41 bits per heavy atom. The minimum Gasteiger partial charge on any atom is -0.508 e. The van der Waals surface area contributed by atoms with Crippen molar-refractivity contribution in [2.75, 3.05) is 6.54 Å². The number of phenolic OH excluding ortho intramolecular Hbond substituents is 1. The number of rotatable bonds is 5.